The standard InChI is InChI=1S/C10H13NS/c1-11-6-2-9-8(3-7-12-9)10(11)4-5-10/h3,7H,2,4-6H2,1H3. The molecule has 1 fully saturated rings. The van der Waals surface area contributed by atoms with E-state index < -0.39 is 0 Å². The molecule has 2 heterocycles. The quantitative estimate of drug-likeness (QED) is 0.590. The molecule has 2 heteroatoms. The first-order chi connectivity index (χ1) is 5.83. The molecule has 2 aliphatic rings. The summed E-state index contributed by atoms with van der Waals surface area (Å²) < 4.78 is 0. The van der Waals surface area contributed by atoms with Gasteiger partial charge in [-0.1, -0.05) is 0 Å². The fraction of sp³-hybridized carbons (Fsp3) is 0.600. The van der Waals surface area contributed by atoms with Crippen molar-refractivity contribution in [3.63, 3.8) is 0 Å². The van der Waals surface area contributed by atoms with Crippen LogP contribution in [0.15, 0.2) is 11.4 Å². The summed E-state index contributed by atoms with van der Waals surface area (Å²) in [4.78, 5) is 4.19. The van der Waals surface area contributed by atoms with Gasteiger partial charge in [0.15, 0.2) is 0 Å². The van der Waals surface area contributed by atoms with Gasteiger partial charge in [-0.25, -0.2) is 0 Å². The van der Waals surface area contributed by atoms with Gasteiger partial charge in [0.25, 0.3) is 0 Å². The van der Waals surface area contributed by atoms with Crippen LogP contribution < -0.4 is 0 Å². The molecule has 1 nitrogen and oxygen atoms in total. The van der Waals surface area contributed by atoms with Gasteiger partial charge >= 0.3 is 0 Å². The Labute approximate surface area is 77.0 Å². The minimum atomic E-state index is 0.494. The lowest BCUT2D eigenvalue weighted by Crippen LogP contribution is -2.37. The minimum absolute atomic E-state index is 0.494. The number of fused-ring (bicyclic) bond motifs is 2. The molecule has 12 heavy (non-hydrogen) atoms. The number of hydrogen-bond donors (Lipinski definition) is 0. The molecule has 1 aliphatic heterocycles. The molecule has 0 amide bonds. The number of thiophene rings is 1. The van der Waals surface area contributed by atoms with Gasteiger partial charge in [-0.2, -0.15) is 0 Å². The maximum absolute atomic E-state index is 2.54. The van der Waals surface area contributed by atoms with Gasteiger partial charge in [0.1, 0.15) is 0 Å². The van der Waals surface area contributed by atoms with E-state index in [0.717, 1.165) is 0 Å². The van der Waals surface area contributed by atoms with Crippen molar-refractivity contribution in [2.45, 2.75) is 24.8 Å². The summed E-state index contributed by atoms with van der Waals surface area (Å²) in [5.74, 6) is 0. The highest BCUT2D eigenvalue weighted by atomic mass is 32.1. The fourth-order valence-electron chi connectivity index (χ4n) is 2.41. The summed E-state index contributed by atoms with van der Waals surface area (Å²) in [6.07, 6.45) is 4.03. The Hall–Kier alpha value is -0.340. The second-order valence-corrected chi connectivity index (χ2v) is 4.96. The van der Waals surface area contributed by atoms with Gasteiger partial charge in [0.05, 0.1) is 0 Å². The molecule has 64 valence electrons. The molecule has 0 N–H and O–H groups in total. The Kier molecular flexibility index (Phi) is 1.25. The molecule has 1 aromatic heterocycles. The highest BCUT2D eigenvalue weighted by Gasteiger charge is 2.50. The summed E-state index contributed by atoms with van der Waals surface area (Å²) in [6.45, 7) is 1.26. The average molecular weight is 179 g/mol. The van der Waals surface area contributed by atoms with Crippen molar-refractivity contribution in [1.29, 1.82) is 0 Å². The van der Waals surface area contributed by atoms with Crippen LogP contribution in [0.25, 0.3) is 0 Å². The van der Waals surface area contributed by atoms with E-state index in [1.807, 2.05) is 11.3 Å². The summed E-state index contributed by atoms with van der Waals surface area (Å²) in [7, 11) is 2.27. The van der Waals surface area contributed by atoms with Crippen molar-refractivity contribution in [3.05, 3.63) is 21.9 Å². The highest BCUT2D eigenvalue weighted by molar-refractivity contribution is 7.10. The highest BCUT2D eigenvalue weighted by Crippen LogP contribution is 2.54. The van der Waals surface area contributed by atoms with Gasteiger partial charge in [-0.3, -0.25) is 4.90 Å². The molecule has 0 aromatic carbocycles. The largest absolute Gasteiger partial charge is 0.296 e. The van der Waals surface area contributed by atoms with E-state index in [1.165, 1.54) is 25.8 Å². The summed E-state index contributed by atoms with van der Waals surface area (Å²) >= 11 is 1.94. The van der Waals surface area contributed by atoms with Crippen LogP contribution in [0.4, 0.5) is 0 Å². The van der Waals surface area contributed by atoms with E-state index >= 15 is 0 Å². The third-order valence-corrected chi connectivity index (χ3v) is 4.36. The fourth-order valence-corrected chi connectivity index (χ4v) is 3.37. The molecule has 1 aromatic rings. The molecule has 0 radical (unpaired) electrons. The Morgan fingerprint density at radius 2 is 2.33 bits per heavy atom. The second kappa shape index (κ2) is 2.12. The van der Waals surface area contributed by atoms with Crippen LogP contribution in [-0.4, -0.2) is 18.5 Å². The zero-order chi connectivity index (χ0) is 8.18. The van der Waals surface area contributed by atoms with E-state index in [-0.39, 0.29) is 0 Å². The monoisotopic (exact) mass is 179 g/mol. The van der Waals surface area contributed by atoms with Crippen molar-refractivity contribution in [2.24, 2.45) is 0 Å². The first kappa shape index (κ1) is 7.10. The molecule has 0 bridgehead atoms. The Bertz CT molecular complexity index is 311. The smallest absolute Gasteiger partial charge is 0.0470 e. The zero-order valence-electron chi connectivity index (χ0n) is 7.34. The number of rotatable bonds is 0. The summed E-state index contributed by atoms with van der Waals surface area (Å²) in [5.41, 5.74) is 2.13. The van der Waals surface area contributed by atoms with Crippen molar-refractivity contribution >= 4 is 11.3 Å². The lowest BCUT2D eigenvalue weighted by atomic mass is 9.98. The number of likely N-dealkylation sites (N-methyl/N-ethyl adjacent to an activating group) is 1. The molecule has 1 spiro atoms. The van der Waals surface area contributed by atoms with Gasteiger partial charge in [0.2, 0.25) is 0 Å². The number of nitrogens with zero attached hydrogens (tertiary/aromatic N) is 1. The Morgan fingerprint density at radius 3 is 3.08 bits per heavy atom. The zero-order valence-corrected chi connectivity index (χ0v) is 8.16. The van der Waals surface area contributed by atoms with E-state index in [4.69, 9.17) is 0 Å². The molecular formula is C10H13NS. The molecule has 1 saturated carbocycles. The van der Waals surface area contributed by atoms with Crippen LogP contribution in [0.1, 0.15) is 23.3 Å². The molecule has 0 atom stereocenters. The SMILES string of the molecule is CN1CCc2sccc2C12CC2. The normalized spacial score (nSPS) is 25.8. The van der Waals surface area contributed by atoms with Crippen LogP contribution in [0, 0.1) is 0 Å². The van der Waals surface area contributed by atoms with E-state index in [9.17, 15) is 0 Å². The molecule has 3 rings (SSSR count). The maximum atomic E-state index is 2.54. The van der Waals surface area contributed by atoms with E-state index in [2.05, 4.69) is 23.4 Å². The van der Waals surface area contributed by atoms with Gasteiger partial charge in [-0.05, 0) is 43.3 Å². The topological polar surface area (TPSA) is 3.24 Å². The van der Waals surface area contributed by atoms with Crippen molar-refractivity contribution < 1.29 is 0 Å². The molecule has 0 saturated heterocycles. The Balaban J connectivity index is 2.14. The second-order valence-electron chi connectivity index (χ2n) is 3.96. The van der Waals surface area contributed by atoms with Gasteiger partial charge in [-0.15, -0.1) is 11.3 Å². The minimum Gasteiger partial charge on any atom is -0.296 e. The van der Waals surface area contributed by atoms with E-state index in [1.54, 1.807) is 10.4 Å². The van der Waals surface area contributed by atoms with Gasteiger partial charge in [0, 0.05) is 17.0 Å². The van der Waals surface area contributed by atoms with Gasteiger partial charge < -0.3 is 0 Å². The number of hydrogen-bond acceptors (Lipinski definition) is 2. The van der Waals surface area contributed by atoms with Crippen LogP contribution >= 0.6 is 11.3 Å². The molecule has 1 aliphatic carbocycles. The third kappa shape index (κ3) is 0.723. The van der Waals surface area contributed by atoms with Crippen molar-refractivity contribution in [2.75, 3.05) is 13.6 Å². The van der Waals surface area contributed by atoms with Crippen LogP contribution in [0.5, 0.6) is 0 Å². The van der Waals surface area contributed by atoms with Crippen LogP contribution in [-0.2, 0) is 12.0 Å². The molecule has 0 unspecified atom stereocenters. The van der Waals surface area contributed by atoms with Crippen LogP contribution in [0.2, 0.25) is 0 Å². The van der Waals surface area contributed by atoms with Crippen molar-refractivity contribution in [3.8, 4) is 0 Å². The predicted octanol–water partition coefficient (Wildman–Crippen LogP) is 2.23. The predicted molar refractivity (Wildman–Crippen MR) is 51.6 cm³/mol. The first-order valence-electron chi connectivity index (χ1n) is 4.61. The van der Waals surface area contributed by atoms with Crippen LogP contribution in [0.3, 0.4) is 0 Å². The summed E-state index contributed by atoms with van der Waals surface area (Å²) in [6, 6.07) is 2.34. The van der Waals surface area contributed by atoms with E-state index in [0.29, 0.717) is 5.54 Å². The molecular weight excluding hydrogens is 166 g/mol. The average Bonchev–Trinajstić information content (AvgIpc) is 2.71. The van der Waals surface area contributed by atoms with Crippen molar-refractivity contribution in [1.82, 2.24) is 4.90 Å². The lowest BCUT2D eigenvalue weighted by Gasteiger charge is -2.32. The third-order valence-electron chi connectivity index (χ3n) is 3.38. The first-order valence-corrected chi connectivity index (χ1v) is 5.49. The Morgan fingerprint density at radius 1 is 1.50 bits per heavy atom. The summed E-state index contributed by atoms with van der Waals surface area (Å²) in [5, 5.41) is 2.25. The lowest BCUT2D eigenvalue weighted by molar-refractivity contribution is 0.210. The maximum Gasteiger partial charge on any atom is 0.0470 e.